The van der Waals surface area contributed by atoms with Gasteiger partial charge in [-0.2, -0.15) is 0 Å². The van der Waals surface area contributed by atoms with Crippen molar-refractivity contribution in [3.8, 4) is 0 Å². The molecule has 4 heteroatoms. The first-order chi connectivity index (χ1) is 13.7. The number of carbonyl (C=O) groups is 1. The standard InChI is InChI=1S/C24H14ClNO2/c25-23-19(12-17-7-3-4-8-21(17)26-23)13-20-14-22(28-24(20)27)18-10-9-15-5-1-2-6-16(15)11-18/h1-14H/b20-13+. The molecular formula is C24H14ClNO2. The van der Waals surface area contributed by atoms with Gasteiger partial charge in [-0.1, -0.05) is 66.2 Å². The second-order valence-electron chi connectivity index (χ2n) is 6.62. The van der Waals surface area contributed by atoms with Crippen molar-refractivity contribution >= 4 is 51.1 Å². The van der Waals surface area contributed by atoms with Crippen molar-refractivity contribution < 1.29 is 9.53 Å². The van der Waals surface area contributed by atoms with Gasteiger partial charge in [0.2, 0.25) is 0 Å². The molecule has 0 unspecified atom stereocenters. The third kappa shape index (κ3) is 2.96. The van der Waals surface area contributed by atoms with Gasteiger partial charge in [-0.15, -0.1) is 0 Å². The van der Waals surface area contributed by atoms with Crippen LogP contribution in [0.3, 0.4) is 0 Å². The first-order valence-corrected chi connectivity index (χ1v) is 9.25. The van der Waals surface area contributed by atoms with Crippen LogP contribution in [-0.4, -0.2) is 11.0 Å². The number of ether oxygens (including phenoxy) is 1. The van der Waals surface area contributed by atoms with Crippen molar-refractivity contribution in [1.29, 1.82) is 0 Å². The highest BCUT2D eigenvalue weighted by Gasteiger charge is 2.22. The van der Waals surface area contributed by atoms with Crippen LogP contribution < -0.4 is 0 Å². The largest absolute Gasteiger partial charge is 0.422 e. The van der Waals surface area contributed by atoms with Crippen LogP contribution >= 0.6 is 11.6 Å². The van der Waals surface area contributed by atoms with E-state index < -0.39 is 5.97 Å². The number of fused-ring (bicyclic) bond motifs is 2. The van der Waals surface area contributed by atoms with Gasteiger partial charge >= 0.3 is 5.97 Å². The lowest BCUT2D eigenvalue weighted by atomic mass is 10.1. The lowest BCUT2D eigenvalue weighted by Crippen LogP contribution is -1.97. The predicted octanol–water partition coefficient (Wildman–Crippen LogP) is 6.02. The zero-order chi connectivity index (χ0) is 19.1. The van der Waals surface area contributed by atoms with Gasteiger partial charge < -0.3 is 4.74 Å². The molecule has 0 spiro atoms. The van der Waals surface area contributed by atoms with E-state index in [2.05, 4.69) is 4.98 Å². The zero-order valence-electron chi connectivity index (χ0n) is 14.7. The number of pyridine rings is 1. The highest BCUT2D eigenvalue weighted by atomic mass is 35.5. The van der Waals surface area contributed by atoms with E-state index in [0.29, 0.717) is 22.0 Å². The molecule has 0 saturated carbocycles. The van der Waals surface area contributed by atoms with Crippen molar-refractivity contribution in [3.05, 3.63) is 101 Å². The van der Waals surface area contributed by atoms with E-state index in [9.17, 15) is 4.79 Å². The zero-order valence-corrected chi connectivity index (χ0v) is 15.5. The molecule has 0 N–H and O–H groups in total. The number of halogens is 1. The minimum absolute atomic E-state index is 0.353. The van der Waals surface area contributed by atoms with E-state index in [0.717, 1.165) is 27.2 Å². The molecule has 0 saturated heterocycles. The van der Waals surface area contributed by atoms with Gasteiger partial charge in [-0.3, -0.25) is 0 Å². The first-order valence-electron chi connectivity index (χ1n) is 8.87. The van der Waals surface area contributed by atoms with Crippen molar-refractivity contribution in [2.75, 3.05) is 0 Å². The Labute approximate surface area is 166 Å². The Morgan fingerprint density at radius 2 is 1.61 bits per heavy atom. The lowest BCUT2D eigenvalue weighted by molar-refractivity contribution is -0.130. The molecule has 1 aromatic heterocycles. The third-order valence-electron chi connectivity index (χ3n) is 4.77. The number of aromatic nitrogens is 1. The van der Waals surface area contributed by atoms with Gasteiger partial charge in [0.15, 0.2) is 0 Å². The summed E-state index contributed by atoms with van der Waals surface area (Å²) in [5.41, 5.74) is 2.81. The van der Waals surface area contributed by atoms with Gasteiger partial charge in [0.1, 0.15) is 10.9 Å². The molecule has 0 fully saturated rings. The lowest BCUT2D eigenvalue weighted by Gasteiger charge is -2.04. The van der Waals surface area contributed by atoms with Crippen LogP contribution in [-0.2, 0) is 9.53 Å². The molecule has 134 valence electrons. The highest BCUT2D eigenvalue weighted by Crippen LogP contribution is 2.31. The summed E-state index contributed by atoms with van der Waals surface area (Å²) in [4.78, 5) is 16.8. The van der Waals surface area contributed by atoms with E-state index in [1.807, 2.05) is 72.8 Å². The molecule has 1 aliphatic heterocycles. The maximum atomic E-state index is 12.4. The summed E-state index contributed by atoms with van der Waals surface area (Å²) in [7, 11) is 0. The van der Waals surface area contributed by atoms with Crippen molar-refractivity contribution in [2.24, 2.45) is 0 Å². The maximum absolute atomic E-state index is 12.4. The maximum Gasteiger partial charge on any atom is 0.343 e. The van der Waals surface area contributed by atoms with Gasteiger partial charge in [0.05, 0.1) is 11.1 Å². The van der Waals surface area contributed by atoms with E-state index in [1.54, 1.807) is 12.2 Å². The first kappa shape index (κ1) is 16.7. The van der Waals surface area contributed by atoms with Crippen LogP contribution in [0.2, 0.25) is 5.15 Å². The van der Waals surface area contributed by atoms with Crippen LogP contribution in [0.25, 0.3) is 33.5 Å². The minimum Gasteiger partial charge on any atom is -0.422 e. The molecule has 0 amide bonds. The SMILES string of the molecule is O=C1OC(c2ccc3ccccc3c2)=C/C1=C\c1cc2ccccc2nc1Cl. The Balaban J connectivity index is 1.56. The Morgan fingerprint density at radius 1 is 0.857 bits per heavy atom. The van der Waals surface area contributed by atoms with Gasteiger partial charge in [0, 0.05) is 16.5 Å². The van der Waals surface area contributed by atoms with Gasteiger partial charge in [-0.05, 0) is 41.1 Å². The number of nitrogens with zero attached hydrogens (tertiary/aromatic N) is 1. The van der Waals surface area contributed by atoms with Crippen LogP contribution in [0.15, 0.2) is 84.4 Å². The molecule has 0 bridgehead atoms. The van der Waals surface area contributed by atoms with Crippen molar-refractivity contribution in [2.45, 2.75) is 0 Å². The van der Waals surface area contributed by atoms with E-state index >= 15 is 0 Å². The normalized spacial score (nSPS) is 15.2. The number of carbonyl (C=O) groups excluding carboxylic acids is 1. The average Bonchev–Trinajstić information content (AvgIpc) is 3.08. The molecule has 1 aliphatic rings. The molecule has 4 aromatic rings. The number of cyclic esters (lactones) is 1. The summed E-state index contributed by atoms with van der Waals surface area (Å²) in [6.07, 6.45) is 3.47. The summed E-state index contributed by atoms with van der Waals surface area (Å²) in [5.74, 6) is 0.138. The number of benzene rings is 3. The molecule has 2 heterocycles. The summed E-state index contributed by atoms with van der Waals surface area (Å²) < 4.78 is 5.50. The Hall–Kier alpha value is -3.43. The second-order valence-corrected chi connectivity index (χ2v) is 6.98. The van der Waals surface area contributed by atoms with Crippen LogP contribution in [0.1, 0.15) is 11.1 Å². The molecule has 5 rings (SSSR count). The fourth-order valence-electron chi connectivity index (χ4n) is 3.35. The molecule has 0 aliphatic carbocycles. The predicted molar refractivity (Wildman–Crippen MR) is 113 cm³/mol. The summed E-state index contributed by atoms with van der Waals surface area (Å²) in [6, 6.07) is 23.7. The molecular weight excluding hydrogens is 370 g/mol. The molecule has 3 nitrogen and oxygen atoms in total. The number of hydrogen-bond donors (Lipinski definition) is 0. The average molecular weight is 384 g/mol. The van der Waals surface area contributed by atoms with Gasteiger partial charge in [0.25, 0.3) is 0 Å². The van der Waals surface area contributed by atoms with E-state index in [4.69, 9.17) is 16.3 Å². The summed E-state index contributed by atoms with van der Waals surface area (Å²) >= 11 is 6.32. The Bertz CT molecular complexity index is 1320. The van der Waals surface area contributed by atoms with E-state index in [1.165, 1.54) is 0 Å². The quantitative estimate of drug-likeness (QED) is 0.241. The van der Waals surface area contributed by atoms with Crippen molar-refractivity contribution in [3.63, 3.8) is 0 Å². The van der Waals surface area contributed by atoms with Crippen molar-refractivity contribution in [1.82, 2.24) is 4.98 Å². The second kappa shape index (κ2) is 6.63. The van der Waals surface area contributed by atoms with E-state index in [-0.39, 0.29) is 0 Å². The smallest absolute Gasteiger partial charge is 0.343 e. The number of rotatable bonds is 2. The fourth-order valence-corrected chi connectivity index (χ4v) is 3.55. The van der Waals surface area contributed by atoms with Crippen LogP contribution in [0.4, 0.5) is 0 Å². The number of hydrogen-bond acceptors (Lipinski definition) is 3. The van der Waals surface area contributed by atoms with Crippen LogP contribution in [0.5, 0.6) is 0 Å². The Morgan fingerprint density at radius 3 is 2.46 bits per heavy atom. The van der Waals surface area contributed by atoms with Crippen LogP contribution in [0, 0.1) is 0 Å². The topological polar surface area (TPSA) is 39.2 Å². The monoisotopic (exact) mass is 383 g/mol. The molecule has 0 atom stereocenters. The number of para-hydroxylation sites is 1. The fraction of sp³-hybridized carbons (Fsp3) is 0. The number of esters is 1. The molecule has 0 radical (unpaired) electrons. The third-order valence-corrected chi connectivity index (χ3v) is 5.08. The minimum atomic E-state index is -0.396. The summed E-state index contributed by atoms with van der Waals surface area (Å²) in [6.45, 7) is 0. The molecule has 28 heavy (non-hydrogen) atoms. The summed E-state index contributed by atoms with van der Waals surface area (Å²) in [5, 5.41) is 3.55. The Kier molecular flexibility index (Phi) is 3.96. The molecule has 3 aromatic carbocycles. The van der Waals surface area contributed by atoms with Gasteiger partial charge in [-0.25, -0.2) is 9.78 Å². The highest BCUT2D eigenvalue weighted by molar-refractivity contribution is 6.31.